The minimum Gasteiger partial charge on any atom is -0.352 e. The fourth-order valence-electron chi connectivity index (χ4n) is 4.19. The van der Waals surface area contributed by atoms with Crippen LogP contribution in [0.25, 0.3) is 11.4 Å². The van der Waals surface area contributed by atoms with E-state index < -0.39 is 0 Å². The minimum atomic E-state index is -0.123. The largest absolute Gasteiger partial charge is 0.352 e. The van der Waals surface area contributed by atoms with Crippen molar-refractivity contribution in [2.45, 2.75) is 43.8 Å². The molecule has 2 aliphatic carbocycles. The Morgan fingerprint density at radius 3 is 2.93 bits per heavy atom. The number of aromatic amines is 1. The number of thioether (sulfide) groups is 1. The molecule has 2 saturated carbocycles. The summed E-state index contributed by atoms with van der Waals surface area (Å²) in [6.07, 6.45) is 5.00. The summed E-state index contributed by atoms with van der Waals surface area (Å²) in [6.45, 7) is 1.47. The maximum atomic E-state index is 12.2. The second kappa shape index (κ2) is 7.72. The van der Waals surface area contributed by atoms with Crippen LogP contribution in [0.3, 0.4) is 0 Å². The molecular formula is C19H23N5O2S. The number of fused-ring (bicyclic) bond motifs is 2. The van der Waals surface area contributed by atoms with Gasteiger partial charge in [-0.2, -0.15) is 0 Å². The third-order valence-corrected chi connectivity index (χ3v) is 6.19. The summed E-state index contributed by atoms with van der Waals surface area (Å²) in [7, 11) is 0. The van der Waals surface area contributed by atoms with Crippen molar-refractivity contribution in [2.24, 2.45) is 11.8 Å². The first-order chi connectivity index (χ1) is 13.1. The van der Waals surface area contributed by atoms with Gasteiger partial charge in [-0.3, -0.25) is 14.7 Å². The number of rotatable bonds is 6. The number of anilines is 1. The van der Waals surface area contributed by atoms with E-state index in [2.05, 4.69) is 25.8 Å². The predicted molar refractivity (Wildman–Crippen MR) is 104 cm³/mol. The molecule has 1 aromatic heterocycles. The number of H-pyrrole nitrogens is 1. The van der Waals surface area contributed by atoms with Crippen LogP contribution in [0, 0.1) is 11.8 Å². The standard InChI is InChI=1S/C19H23N5O2S/c1-11(25)20-15-4-2-3-14(9-15)18-22-19(24-23-18)27-10-17(26)21-16-8-12-5-6-13(16)7-12/h2-4,9,12-13,16H,5-8,10H2,1H3,(H,20,25)(H,21,26)(H,22,23,24)/t12-,13-,16-/m1/s1. The van der Waals surface area contributed by atoms with Crippen LogP contribution >= 0.6 is 11.8 Å². The number of hydrogen-bond acceptors (Lipinski definition) is 5. The summed E-state index contributed by atoms with van der Waals surface area (Å²) < 4.78 is 0. The Morgan fingerprint density at radius 1 is 1.30 bits per heavy atom. The summed E-state index contributed by atoms with van der Waals surface area (Å²) in [5.41, 5.74) is 1.53. The van der Waals surface area contributed by atoms with Crippen LogP contribution in [0.4, 0.5) is 5.69 Å². The van der Waals surface area contributed by atoms with E-state index >= 15 is 0 Å². The Hall–Kier alpha value is -2.35. The number of amides is 2. The molecular weight excluding hydrogens is 362 g/mol. The molecule has 0 aliphatic heterocycles. The molecule has 1 aromatic carbocycles. The molecule has 27 heavy (non-hydrogen) atoms. The van der Waals surface area contributed by atoms with Crippen LogP contribution in [-0.4, -0.2) is 38.8 Å². The Labute approximate surface area is 162 Å². The van der Waals surface area contributed by atoms with Crippen LogP contribution < -0.4 is 10.6 Å². The molecule has 1 heterocycles. The number of nitrogens with zero attached hydrogens (tertiary/aromatic N) is 2. The fourth-order valence-corrected chi connectivity index (χ4v) is 4.80. The molecule has 2 amide bonds. The highest BCUT2D eigenvalue weighted by molar-refractivity contribution is 7.99. The molecule has 0 unspecified atom stereocenters. The van der Waals surface area contributed by atoms with Gasteiger partial charge in [0.2, 0.25) is 17.0 Å². The summed E-state index contributed by atoms with van der Waals surface area (Å²) >= 11 is 1.33. The highest BCUT2D eigenvalue weighted by Gasteiger charge is 2.39. The third kappa shape index (κ3) is 4.32. The molecule has 0 spiro atoms. The normalized spacial score (nSPS) is 23.4. The van der Waals surface area contributed by atoms with Gasteiger partial charge in [0.25, 0.3) is 0 Å². The number of hydrogen-bond donors (Lipinski definition) is 3. The molecule has 4 rings (SSSR count). The lowest BCUT2D eigenvalue weighted by molar-refractivity contribution is -0.119. The molecule has 142 valence electrons. The van der Waals surface area contributed by atoms with E-state index in [1.54, 1.807) is 0 Å². The molecule has 3 atom stereocenters. The zero-order valence-electron chi connectivity index (χ0n) is 15.2. The molecule has 3 N–H and O–H groups in total. The van der Waals surface area contributed by atoms with Gasteiger partial charge in [-0.15, -0.1) is 5.10 Å². The molecule has 2 fully saturated rings. The number of benzene rings is 1. The van der Waals surface area contributed by atoms with Crippen molar-refractivity contribution in [2.75, 3.05) is 11.1 Å². The van der Waals surface area contributed by atoms with Crippen LogP contribution in [0.2, 0.25) is 0 Å². The van der Waals surface area contributed by atoms with Crippen LogP contribution in [-0.2, 0) is 9.59 Å². The van der Waals surface area contributed by atoms with E-state index in [0.29, 0.717) is 34.4 Å². The van der Waals surface area contributed by atoms with E-state index in [4.69, 9.17) is 0 Å². The van der Waals surface area contributed by atoms with Crippen molar-refractivity contribution in [1.82, 2.24) is 20.5 Å². The van der Waals surface area contributed by atoms with Gasteiger partial charge in [-0.25, -0.2) is 4.98 Å². The first kappa shape index (κ1) is 18.0. The van der Waals surface area contributed by atoms with E-state index in [-0.39, 0.29) is 11.8 Å². The minimum absolute atomic E-state index is 0.0524. The number of carbonyl (C=O) groups excluding carboxylic acids is 2. The highest BCUT2D eigenvalue weighted by atomic mass is 32.2. The first-order valence-electron chi connectivity index (χ1n) is 9.29. The molecule has 2 aromatic rings. The fraction of sp³-hybridized carbons (Fsp3) is 0.474. The van der Waals surface area contributed by atoms with E-state index in [1.807, 2.05) is 24.3 Å². The van der Waals surface area contributed by atoms with Crippen molar-refractivity contribution in [3.05, 3.63) is 24.3 Å². The van der Waals surface area contributed by atoms with Gasteiger partial charge in [0.15, 0.2) is 5.82 Å². The molecule has 2 aliphatic rings. The third-order valence-electron chi connectivity index (χ3n) is 5.34. The van der Waals surface area contributed by atoms with Gasteiger partial charge in [0.1, 0.15) is 0 Å². The number of carbonyl (C=O) groups is 2. The Balaban J connectivity index is 1.31. The van der Waals surface area contributed by atoms with Gasteiger partial charge in [-0.1, -0.05) is 30.3 Å². The lowest BCUT2D eigenvalue weighted by Crippen LogP contribution is -2.39. The topological polar surface area (TPSA) is 99.8 Å². The monoisotopic (exact) mass is 385 g/mol. The van der Waals surface area contributed by atoms with Gasteiger partial charge >= 0.3 is 0 Å². The Kier molecular flexibility index (Phi) is 5.15. The van der Waals surface area contributed by atoms with Crippen LogP contribution in [0.5, 0.6) is 0 Å². The second-order valence-electron chi connectivity index (χ2n) is 7.37. The average Bonchev–Trinajstić information content (AvgIpc) is 3.36. The smallest absolute Gasteiger partial charge is 0.230 e. The van der Waals surface area contributed by atoms with E-state index in [0.717, 1.165) is 17.9 Å². The van der Waals surface area contributed by atoms with Gasteiger partial charge in [-0.05, 0) is 43.2 Å². The first-order valence-corrected chi connectivity index (χ1v) is 10.3. The molecule has 0 radical (unpaired) electrons. The van der Waals surface area contributed by atoms with Gasteiger partial charge in [0.05, 0.1) is 5.75 Å². The van der Waals surface area contributed by atoms with Crippen molar-refractivity contribution in [3.8, 4) is 11.4 Å². The van der Waals surface area contributed by atoms with Gasteiger partial charge < -0.3 is 10.6 Å². The zero-order chi connectivity index (χ0) is 18.8. The zero-order valence-corrected chi connectivity index (χ0v) is 16.0. The summed E-state index contributed by atoms with van der Waals surface area (Å²) in [5.74, 6) is 2.35. The second-order valence-corrected chi connectivity index (χ2v) is 8.31. The SMILES string of the molecule is CC(=O)Nc1cccc(-c2nc(SCC(=O)N[C@@H]3C[C@@H]4CC[C@@H]3C4)n[nH]2)c1. The quantitative estimate of drug-likeness (QED) is 0.664. The van der Waals surface area contributed by atoms with Crippen molar-refractivity contribution in [1.29, 1.82) is 0 Å². The van der Waals surface area contributed by atoms with Crippen LogP contribution in [0.15, 0.2) is 29.4 Å². The van der Waals surface area contributed by atoms with Crippen molar-refractivity contribution >= 4 is 29.3 Å². The van der Waals surface area contributed by atoms with E-state index in [1.165, 1.54) is 37.9 Å². The van der Waals surface area contributed by atoms with E-state index in [9.17, 15) is 9.59 Å². The summed E-state index contributed by atoms with van der Waals surface area (Å²) in [5, 5.41) is 13.5. The lowest BCUT2D eigenvalue weighted by Gasteiger charge is -2.22. The maximum Gasteiger partial charge on any atom is 0.230 e. The average molecular weight is 385 g/mol. The Bertz CT molecular complexity index is 852. The summed E-state index contributed by atoms with van der Waals surface area (Å²) in [4.78, 5) is 27.9. The highest BCUT2D eigenvalue weighted by Crippen LogP contribution is 2.44. The Morgan fingerprint density at radius 2 is 2.19 bits per heavy atom. The van der Waals surface area contributed by atoms with Crippen molar-refractivity contribution in [3.63, 3.8) is 0 Å². The van der Waals surface area contributed by atoms with Gasteiger partial charge in [0, 0.05) is 24.2 Å². The predicted octanol–water partition coefficient (Wildman–Crippen LogP) is 2.83. The molecule has 2 bridgehead atoms. The summed E-state index contributed by atoms with van der Waals surface area (Å²) in [6, 6.07) is 7.74. The number of nitrogens with one attached hydrogen (secondary N) is 3. The molecule has 7 nitrogen and oxygen atoms in total. The van der Waals surface area contributed by atoms with Crippen molar-refractivity contribution < 1.29 is 9.59 Å². The number of aromatic nitrogens is 3. The molecule has 8 heteroatoms. The van der Waals surface area contributed by atoms with Crippen LogP contribution in [0.1, 0.15) is 32.6 Å². The lowest BCUT2D eigenvalue weighted by atomic mass is 9.95. The molecule has 0 saturated heterocycles. The maximum absolute atomic E-state index is 12.2.